The van der Waals surface area contributed by atoms with E-state index >= 15 is 0 Å². The molecule has 13 heavy (non-hydrogen) atoms. The third kappa shape index (κ3) is 2.99. The van der Waals surface area contributed by atoms with Gasteiger partial charge in [0.1, 0.15) is 0 Å². The predicted molar refractivity (Wildman–Crippen MR) is 58.8 cm³/mol. The summed E-state index contributed by atoms with van der Waals surface area (Å²) in [6.07, 6.45) is 1.33. The fourth-order valence-corrected chi connectivity index (χ4v) is 1.60. The number of hydrogen-bond donors (Lipinski definition) is 1. The molecule has 0 saturated heterocycles. The van der Waals surface area contributed by atoms with Crippen molar-refractivity contribution < 1.29 is 9.90 Å². The third-order valence-electron chi connectivity index (χ3n) is 2.86. The van der Waals surface area contributed by atoms with Crippen molar-refractivity contribution in [3.63, 3.8) is 0 Å². The first-order chi connectivity index (χ1) is 5.59. The van der Waals surface area contributed by atoms with Crippen LogP contribution in [0.25, 0.3) is 0 Å². The highest BCUT2D eigenvalue weighted by Gasteiger charge is 2.38. The average Bonchev–Trinajstić information content (AvgIpc) is 1.82. The monoisotopic (exact) mass is 200 g/mol. The Kier molecular flexibility index (Phi) is 3.50. The number of carbonyl (C=O) groups is 1. The Bertz CT molecular complexity index is 234. The second kappa shape index (κ2) is 3.66. The van der Waals surface area contributed by atoms with Gasteiger partial charge in [-0.1, -0.05) is 33.5 Å². The molecule has 0 unspecified atom stereocenters. The molecule has 0 aliphatic carbocycles. The molecule has 2 nitrogen and oxygen atoms in total. The van der Waals surface area contributed by atoms with Crippen molar-refractivity contribution >= 4 is 13.9 Å². The van der Waals surface area contributed by atoms with Gasteiger partial charge in [-0.25, -0.2) is 0 Å². The highest BCUT2D eigenvalue weighted by Crippen LogP contribution is 2.42. The molecule has 0 saturated carbocycles. The Labute approximate surface area is 81.7 Å². The number of aliphatic hydroxyl groups excluding tert-OH is 1. The van der Waals surface area contributed by atoms with Crippen molar-refractivity contribution in [2.45, 2.75) is 45.5 Å². The maximum Gasteiger partial charge on any atom is 0.155 e. The summed E-state index contributed by atoms with van der Waals surface area (Å²) < 4.78 is 0. The largest absolute Gasteiger partial charge is 0.512 e. The zero-order valence-corrected chi connectivity index (χ0v) is 10.4. The normalized spacial score (nSPS) is 14.5. The Morgan fingerprint density at radius 1 is 1.31 bits per heavy atom. The molecule has 0 atom stereocenters. The lowest BCUT2D eigenvalue weighted by Crippen LogP contribution is -2.36. The maximum absolute atomic E-state index is 10.8. The number of hydrogen-bond acceptors (Lipinski definition) is 2. The molecule has 0 rings (SSSR count). The van der Waals surface area contributed by atoms with E-state index in [1.54, 1.807) is 0 Å². The molecule has 0 bridgehead atoms. The van der Waals surface area contributed by atoms with Crippen LogP contribution in [0, 0.1) is 0 Å². The summed E-state index contributed by atoms with van der Waals surface area (Å²) in [7, 11) is -1.49. The standard InChI is InChI=1S/C10H20O2Si/c1-8(11)7-9(12)10(2,3)13(4,5)6/h7,12H,1-6H3. The van der Waals surface area contributed by atoms with Crippen LogP contribution in [-0.4, -0.2) is 19.0 Å². The van der Waals surface area contributed by atoms with Gasteiger partial charge >= 0.3 is 0 Å². The summed E-state index contributed by atoms with van der Waals surface area (Å²) in [5.41, 5.74) is 0. The first-order valence-corrected chi connectivity index (χ1v) is 8.01. The van der Waals surface area contributed by atoms with Crippen molar-refractivity contribution in [1.29, 1.82) is 0 Å². The topological polar surface area (TPSA) is 37.3 Å². The minimum Gasteiger partial charge on any atom is -0.512 e. The van der Waals surface area contributed by atoms with Crippen LogP contribution in [0.4, 0.5) is 0 Å². The molecule has 0 aliphatic heterocycles. The van der Waals surface area contributed by atoms with Gasteiger partial charge in [0.05, 0.1) is 13.8 Å². The van der Waals surface area contributed by atoms with E-state index in [-0.39, 0.29) is 16.6 Å². The van der Waals surface area contributed by atoms with Gasteiger partial charge in [0.15, 0.2) is 5.78 Å². The lowest BCUT2D eigenvalue weighted by molar-refractivity contribution is -0.112. The van der Waals surface area contributed by atoms with Gasteiger partial charge in [-0.05, 0) is 6.92 Å². The zero-order chi connectivity index (χ0) is 10.9. The van der Waals surface area contributed by atoms with E-state index in [0.717, 1.165) is 0 Å². The zero-order valence-electron chi connectivity index (χ0n) is 9.43. The molecule has 0 aromatic carbocycles. The summed E-state index contributed by atoms with van der Waals surface area (Å²) >= 11 is 0. The first kappa shape index (κ1) is 12.4. The molecule has 0 amide bonds. The van der Waals surface area contributed by atoms with Crippen molar-refractivity contribution in [3.05, 3.63) is 11.8 Å². The van der Waals surface area contributed by atoms with Gasteiger partial charge < -0.3 is 5.11 Å². The summed E-state index contributed by atoms with van der Waals surface area (Å²) in [5.74, 6) is 0.128. The van der Waals surface area contributed by atoms with Crippen molar-refractivity contribution in [3.8, 4) is 0 Å². The Hall–Kier alpha value is -0.573. The van der Waals surface area contributed by atoms with Crippen molar-refractivity contribution in [2.75, 3.05) is 0 Å². The lowest BCUT2D eigenvalue weighted by atomic mass is 10.1. The van der Waals surface area contributed by atoms with E-state index in [4.69, 9.17) is 0 Å². The maximum atomic E-state index is 10.8. The van der Waals surface area contributed by atoms with Crippen LogP contribution in [0.1, 0.15) is 20.8 Å². The minimum atomic E-state index is -1.49. The van der Waals surface area contributed by atoms with Crippen LogP contribution in [-0.2, 0) is 4.79 Å². The van der Waals surface area contributed by atoms with Crippen LogP contribution in [0.15, 0.2) is 11.8 Å². The van der Waals surface area contributed by atoms with Crippen molar-refractivity contribution in [1.82, 2.24) is 0 Å². The molecule has 1 N–H and O–H groups in total. The number of aliphatic hydroxyl groups is 1. The van der Waals surface area contributed by atoms with E-state index in [1.165, 1.54) is 13.0 Å². The summed E-state index contributed by atoms with van der Waals surface area (Å²) in [6, 6.07) is 0. The molecule has 0 aromatic rings. The van der Waals surface area contributed by atoms with Crippen LogP contribution in [0.3, 0.4) is 0 Å². The fraction of sp³-hybridized carbons (Fsp3) is 0.700. The minimum absolute atomic E-state index is 0.0937. The second-order valence-electron chi connectivity index (χ2n) is 5.02. The number of rotatable bonds is 3. The second-order valence-corrected chi connectivity index (χ2v) is 10.8. The molecule has 0 aliphatic rings. The average molecular weight is 200 g/mol. The third-order valence-corrected chi connectivity index (χ3v) is 6.86. The molecule has 0 fully saturated rings. The smallest absolute Gasteiger partial charge is 0.155 e. The van der Waals surface area contributed by atoms with Gasteiger partial charge in [0.2, 0.25) is 0 Å². The summed E-state index contributed by atoms with van der Waals surface area (Å²) in [4.78, 5) is 10.8. The highest BCUT2D eigenvalue weighted by molar-refractivity contribution is 6.79. The van der Waals surface area contributed by atoms with Gasteiger partial charge in [0, 0.05) is 11.1 Å². The summed E-state index contributed by atoms with van der Waals surface area (Å²) in [6.45, 7) is 12.0. The molecule has 76 valence electrons. The van der Waals surface area contributed by atoms with E-state index in [2.05, 4.69) is 19.6 Å². The van der Waals surface area contributed by atoms with Crippen LogP contribution >= 0.6 is 0 Å². The van der Waals surface area contributed by atoms with E-state index in [0.29, 0.717) is 0 Å². The SMILES string of the molecule is CC(=O)C=C(O)C(C)(C)[Si](C)(C)C. The van der Waals surface area contributed by atoms with Gasteiger partial charge in [-0.15, -0.1) is 0 Å². The molecule has 3 heteroatoms. The number of ketones is 1. The van der Waals surface area contributed by atoms with Crippen LogP contribution < -0.4 is 0 Å². The van der Waals surface area contributed by atoms with E-state index in [1.807, 2.05) is 13.8 Å². The first-order valence-electron chi connectivity index (χ1n) is 4.51. The highest BCUT2D eigenvalue weighted by atomic mass is 28.3. The molecular weight excluding hydrogens is 180 g/mol. The Morgan fingerprint density at radius 2 is 1.69 bits per heavy atom. The number of carbonyl (C=O) groups excluding carboxylic acids is 1. The molecule has 0 radical (unpaired) electrons. The Morgan fingerprint density at radius 3 is 1.92 bits per heavy atom. The quantitative estimate of drug-likeness (QED) is 0.432. The summed E-state index contributed by atoms with van der Waals surface area (Å²) in [5, 5.41) is 9.52. The molecule has 0 heterocycles. The van der Waals surface area contributed by atoms with Gasteiger partial charge in [0.25, 0.3) is 0 Å². The van der Waals surface area contributed by atoms with Crippen LogP contribution in [0.5, 0.6) is 0 Å². The van der Waals surface area contributed by atoms with Gasteiger partial charge in [-0.3, -0.25) is 4.79 Å². The van der Waals surface area contributed by atoms with Crippen LogP contribution in [0.2, 0.25) is 24.7 Å². The molecule has 0 aromatic heterocycles. The van der Waals surface area contributed by atoms with Gasteiger partial charge in [-0.2, -0.15) is 0 Å². The molecular formula is C10H20O2Si. The number of allylic oxidation sites excluding steroid dienone is 2. The lowest BCUT2D eigenvalue weighted by Gasteiger charge is -2.36. The van der Waals surface area contributed by atoms with E-state index < -0.39 is 8.07 Å². The fourth-order valence-electron chi connectivity index (χ4n) is 0.757. The van der Waals surface area contributed by atoms with E-state index in [9.17, 15) is 9.90 Å². The molecule has 0 spiro atoms. The van der Waals surface area contributed by atoms with Crippen molar-refractivity contribution in [2.24, 2.45) is 0 Å². The predicted octanol–water partition coefficient (Wildman–Crippen LogP) is 3.14. The Balaban J connectivity index is 4.95.